The summed E-state index contributed by atoms with van der Waals surface area (Å²) in [6.07, 6.45) is 3.82. The van der Waals surface area contributed by atoms with E-state index in [0.29, 0.717) is 19.8 Å². The van der Waals surface area contributed by atoms with Crippen LogP contribution in [-0.4, -0.2) is 75.0 Å². The minimum Gasteiger partial charge on any atom is -0.452 e. The van der Waals surface area contributed by atoms with Crippen molar-refractivity contribution in [1.82, 2.24) is 9.21 Å². The second-order valence-electron chi connectivity index (χ2n) is 7.38. The summed E-state index contributed by atoms with van der Waals surface area (Å²) in [5.74, 6) is -1.07. The van der Waals surface area contributed by atoms with Gasteiger partial charge in [-0.05, 0) is 43.9 Å². The maximum Gasteiger partial charge on any atom is 0.340 e. The quantitative estimate of drug-likeness (QED) is 0.607. The number of ether oxygens (including phenoxy) is 2. The molecule has 0 bridgehead atoms. The molecule has 1 unspecified atom stereocenters. The highest BCUT2D eigenvalue weighted by molar-refractivity contribution is 7.89. The second kappa shape index (κ2) is 10.1. The maximum atomic E-state index is 12.8. The van der Waals surface area contributed by atoms with Crippen molar-refractivity contribution in [2.75, 3.05) is 39.5 Å². The SMILES string of the molecule is CCC1CCCCN1C(=O)COC(=O)c1cc(S(=O)(=O)N2CCOCC2)ccc1Cl. The van der Waals surface area contributed by atoms with Crippen LogP contribution in [0.5, 0.6) is 0 Å². The molecule has 10 heteroatoms. The zero-order chi connectivity index (χ0) is 21.7. The predicted molar refractivity (Wildman–Crippen MR) is 111 cm³/mol. The summed E-state index contributed by atoms with van der Waals surface area (Å²) in [6, 6.07) is 4.07. The number of hydrogen-bond donors (Lipinski definition) is 0. The maximum absolute atomic E-state index is 12.8. The minimum atomic E-state index is -3.78. The first-order chi connectivity index (χ1) is 14.3. The third-order valence-electron chi connectivity index (χ3n) is 5.51. The third-order valence-corrected chi connectivity index (χ3v) is 7.74. The first-order valence-corrected chi connectivity index (χ1v) is 12.0. The van der Waals surface area contributed by atoms with Crippen LogP contribution in [0, 0.1) is 0 Å². The Balaban J connectivity index is 1.70. The van der Waals surface area contributed by atoms with Gasteiger partial charge in [-0.2, -0.15) is 4.31 Å². The lowest BCUT2D eigenvalue weighted by Crippen LogP contribution is -2.45. The fourth-order valence-corrected chi connectivity index (χ4v) is 5.43. The Kier molecular flexibility index (Phi) is 7.73. The molecular weight excluding hydrogens is 432 g/mol. The number of piperidine rings is 1. The summed E-state index contributed by atoms with van der Waals surface area (Å²) in [7, 11) is -3.78. The molecule has 2 aliphatic heterocycles. The van der Waals surface area contributed by atoms with Crippen LogP contribution in [-0.2, 0) is 24.3 Å². The van der Waals surface area contributed by atoms with Gasteiger partial charge < -0.3 is 14.4 Å². The molecule has 2 aliphatic rings. The van der Waals surface area contributed by atoms with Crippen LogP contribution >= 0.6 is 11.6 Å². The van der Waals surface area contributed by atoms with E-state index in [0.717, 1.165) is 25.7 Å². The highest BCUT2D eigenvalue weighted by Gasteiger charge is 2.29. The second-order valence-corrected chi connectivity index (χ2v) is 9.72. The molecule has 1 aromatic rings. The van der Waals surface area contributed by atoms with Gasteiger partial charge >= 0.3 is 5.97 Å². The summed E-state index contributed by atoms with van der Waals surface area (Å²) in [5, 5.41) is 0.0674. The molecule has 8 nitrogen and oxygen atoms in total. The average Bonchev–Trinajstić information content (AvgIpc) is 2.77. The average molecular weight is 459 g/mol. The Morgan fingerprint density at radius 1 is 1.20 bits per heavy atom. The molecule has 0 saturated carbocycles. The van der Waals surface area contributed by atoms with E-state index in [2.05, 4.69) is 0 Å². The number of carbonyl (C=O) groups excluding carboxylic acids is 2. The third kappa shape index (κ3) is 5.14. The molecule has 0 aromatic heterocycles. The van der Waals surface area contributed by atoms with E-state index in [1.165, 1.54) is 22.5 Å². The topological polar surface area (TPSA) is 93.2 Å². The van der Waals surface area contributed by atoms with Crippen molar-refractivity contribution >= 4 is 33.5 Å². The van der Waals surface area contributed by atoms with Crippen LogP contribution in [0.4, 0.5) is 0 Å². The molecule has 2 fully saturated rings. The summed E-state index contributed by atoms with van der Waals surface area (Å²) in [6.45, 7) is 3.41. The van der Waals surface area contributed by atoms with E-state index >= 15 is 0 Å². The molecule has 1 amide bonds. The van der Waals surface area contributed by atoms with Gasteiger partial charge in [0.05, 0.1) is 28.7 Å². The Morgan fingerprint density at radius 3 is 2.63 bits per heavy atom. The standard InChI is InChI=1S/C20H27ClN2O6S/c1-2-15-5-3-4-8-23(15)19(24)14-29-20(25)17-13-16(6-7-18(17)21)30(26,27)22-9-11-28-12-10-22/h6-7,13,15H,2-5,8-12,14H2,1H3. The first-order valence-electron chi connectivity index (χ1n) is 10.2. The van der Waals surface area contributed by atoms with E-state index in [1.807, 2.05) is 6.92 Å². The molecule has 1 atom stereocenters. The number of esters is 1. The largest absolute Gasteiger partial charge is 0.452 e. The predicted octanol–water partition coefficient (Wildman–Crippen LogP) is 2.31. The number of likely N-dealkylation sites (tertiary alicyclic amines) is 1. The summed E-state index contributed by atoms with van der Waals surface area (Å²) in [5.41, 5.74) is -0.0792. The van der Waals surface area contributed by atoms with Crippen molar-refractivity contribution < 1.29 is 27.5 Å². The Labute approximate surface area is 182 Å². The van der Waals surface area contributed by atoms with Gasteiger partial charge in [-0.15, -0.1) is 0 Å². The summed E-state index contributed by atoms with van der Waals surface area (Å²) < 4.78 is 37.3. The van der Waals surface area contributed by atoms with Crippen molar-refractivity contribution in [2.24, 2.45) is 0 Å². The first kappa shape index (κ1) is 23.0. The van der Waals surface area contributed by atoms with Crippen molar-refractivity contribution in [2.45, 2.75) is 43.5 Å². The lowest BCUT2D eigenvalue weighted by molar-refractivity contribution is -0.138. The van der Waals surface area contributed by atoms with E-state index in [-0.39, 0.29) is 40.5 Å². The molecular formula is C20H27ClN2O6S. The van der Waals surface area contributed by atoms with Crippen LogP contribution in [0.3, 0.4) is 0 Å². The number of carbonyl (C=O) groups is 2. The van der Waals surface area contributed by atoms with Crippen LogP contribution in [0.15, 0.2) is 23.1 Å². The summed E-state index contributed by atoms with van der Waals surface area (Å²) in [4.78, 5) is 26.8. The molecule has 0 radical (unpaired) electrons. The van der Waals surface area contributed by atoms with Crippen LogP contribution < -0.4 is 0 Å². The number of rotatable bonds is 6. The van der Waals surface area contributed by atoms with E-state index in [9.17, 15) is 18.0 Å². The van der Waals surface area contributed by atoms with E-state index < -0.39 is 22.6 Å². The monoisotopic (exact) mass is 458 g/mol. The number of amides is 1. The number of nitrogens with zero attached hydrogens (tertiary/aromatic N) is 2. The van der Waals surface area contributed by atoms with Gasteiger partial charge in [0.1, 0.15) is 0 Å². The molecule has 30 heavy (non-hydrogen) atoms. The number of halogens is 1. The zero-order valence-corrected chi connectivity index (χ0v) is 18.6. The van der Waals surface area contributed by atoms with Crippen molar-refractivity contribution in [3.63, 3.8) is 0 Å². The van der Waals surface area contributed by atoms with Crippen molar-refractivity contribution in [1.29, 1.82) is 0 Å². The smallest absolute Gasteiger partial charge is 0.340 e. The van der Waals surface area contributed by atoms with Crippen molar-refractivity contribution in [3.8, 4) is 0 Å². The highest BCUT2D eigenvalue weighted by atomic mass is 35.5. The van der Waals surface area contributed by atoms with Crippen LogP contribution in [0.25, 0.3) is 0 Å². The van der Waals surface area contributed by atoms with Crippen molar-refractivity contribution in [3.05, 3.63) is 28.8 Å². The molecule has 166 valence electrons. The molecule has 2 saturated heterocycles. The molecule has 0 spiro atoms. The molecule has 2 heterocycles. The van der Waals surface area contributed by atoms with E-state index in [1.54, 1.807) is 4.90 Å². The number of sulfonamides is 1. The van der Waals surface area contributed by atoms with Crippen LogP contribution in [0.2, 0.25) is 5.02 Å². The summed E-state index contributed by atoms with van der Waals surface area (Å²) >= 11 is 6.11. The number of benzene rings is 1. The van der Waals surface area contributed by atoms with E-state index in [4.69, 9.17) is 21.1 Å². The van der Waals surface area contributed by atoms with Gasteiger partial charge in [0.25, 0.3) is 5.91 Å². The van der Waals surface area contributed by atoms with Gasteiger partial charge in [0.15, 0.2) is 6.61 Å². The lowest BCUT2D eigenvalue weighted by Gasteiger charge is -2.35. The fraction of sp³-hybridized carbons (Fsp3) is 0.600. The number of morpholine rings is 1. The molecule has 0 N–H and O–H groups in total. The molecule has 1 aromatic carbocycles. The lowest BCUT2D eigenvalue weighted by atomic mass is 10.00. The highest BCUT2D eigenvalue weighted by Crippen LogP contribution is 2.25. The van der Waals surface area contributed by atoms with Gasteiger partial charge in [-0.1, -0.05) is 18.5 Å². The normalized spacial score (nSPS) is 20.7. The Bertz CT molecular complexity index is 885. The van der Waals surface area contributed by atoms with Crippen LogP contribution in [0.1, 0.15) is 43.0 Å². The molecule has 0 aliphatic carbocycles. The molecule has 3 rings (SSSR count). The minimum absolute atomic E-state index is 0.0471. The number of hydrogen-bond acceptors (Lipinski definition) is 6. The van der Waals surface area contributed by atoms with Gasteiger partial charge in [-0.3, -0.25) is 4.79 Å². The van der Waals surface area contributed by atoms with Gasteiger partial charge in [0.2, 0.25) is 10.0 Å². The van der Waals surface area contributed by atoms with Gasteiger partial charge in [0, 0.05) is 25.7 Å². The Hall–Kier alpha value is -1.68. The zero-order valence-electron chi connectivity index (χ0n) is 17.0. The van der Waals surface area contributed by atoms with Gasteiger partial charge in [-0.25, -0.2) is 13.2 Å². The fourth-order valence-electron chi connectivity index (χ4n) is 3.80. The Morgan fingerprint density at radius 2 is 1.93 bits per heavy atom.